The lowest BCUT2D eigenvalue weighted by atomic mass is 9.49. The molecule has 154 valence electrons. The topological polar surface area (TPSA) is 71.1 Å². The van der Waals surface area contributed by atoms with Crippen LogP contribution < -0.4 is 10.6 Å². The van der Waals surface area contributed by atoms with E-state index in [1.54, 1.807) is 0 Å². The van der Waals surface area contributed by atoms with Gasteiger partial charge in [0.05, 0.1) is 5.69 Å². The Morgan fingerprint density at radius 1 is 1.07 bits per heavy atom. The molecule has 0 aromatic carbocycles. The van der Waals surface area contributed by atoms with Crippen molar-refractivity contribution in [2.45, 2.75) is 83.0 Å². The Hall–Kier alpha value is -1.43. The van der Waals surface area contributed by atoms with E-state index in [1.807, 2.05) is 0 Å². The number of unbranched alkanes of at least 4 members (excludes halogenated alkanes) is 3. The fourth-order valence-corrected chi connectivity index (χ4v) is 7.00. The molecule has 0 unspecified atom stereocenters. The average Bonchev–Trinajstić information content (AvgIpc) is 3.09. The van der Waals surface area contributed by atoms with E-state index in [-0.39, 0.29) is 23.7 Å². The maximum atomic E-state index is 12.2. The lowest BCUT2D eigenvalue weighted by Gasteiger charge is -2.56. The van der Waals surface area contributed by atoms with Gasteiger partial charge in [-0.1, -0.05) is 26.2 Å². The Morgan fingerprint density at radius 3 is 2.39 bits per heavy atom. The summed E-state index contributed by atoms with van der Waals surface area (Å²) in [7, 11) is 0. The SMILES string of the molecule is CCCCCCNC(=O)CC(=O)Nc1nc(C23CC4CC(CC(C4)C2)C3)cs1. The first-order chi connectivity index (χ1) is 13.6. The molecule has 0 atom stereocenters. The summed E-state index contributed by atoms with van der Waals surface area (Å²) in [5.41, 5.74) is 1.44. The van der Waals surface area contributed by atoms with Gasteiger partial charge >= 0.3 is 0 Å². The van der Waals surface area contributed by atoms with Gasteiger partial charge < -0.3 is 10.6 Å². The normalized spacial score (nSPS) is 30.4. The van der Waals surface area contributed by atoms with Gasteiger partial charge in [-0.25, -0.2) is 4.98 Å². The van der Waals surface area contributed by atoms with E-state index in [0.29, 0.717) is 11.7 Å². The molecule has 1 aromatic rings. The first-order valence-electron chi connectivity index (χ1n) is 11.1. The summed E-state index contributed by atoms with van der Waals surface area (Å²) in [6, 6.07) is 0. The second kappa shape index (κ2) is 8.52. The first kappa shape index (κ1) is 19.9. The Kier molecular flexibility index (Phi) is 6.04. The second-order valence-corrected chi connectivity index (χ2v) is 10.2. The largest absolute Gasteiger partial charge is 0.356 e. The van der Waals surface area contributed by atoms with E-state index in [9.17, 15) is 9.59 Å². The van der Waals surface area contributed by atoms with Gasteiger partial charge in [0.2, 0.25) is 11.8 Å². The van der Waals surface area contributed by atoms with Crippen LogP contribution in [-0.4, -0.2) is 23.3 Å². The summed E-state index contributed by atoms with van der Waals surface area (Å²) < 4.78 is 0. The predicted molar refractivity (Wildman–Crippen MR) is 112 cm³/mol. The van der Waals surface area contributed by atoms with Crippen LogP contribution in [0.25, 0.3) is 0 Å². The lowest BCUT2D eigenvalue weighted by Crippen LogP contribution is -2.48. The predicted octanol–water partition coefficient (Wildman–Crippen LogP) is 4.64. The summed E-state index contributed by atoms with van der Waals surface area (Å²) in [6.45, 7) is 2.82. The molecular weight excluding hydrogens is 370 g/mol. The number of nitrogens with zero attached hydrogens (tertiary/aromatic N) is 1. The van der Waals surface area contributed by atoms with Crippen molar-refractivity contribution in [2.24, 2.45) is 17.8 Å². The number of hydrogen-bond donors (Lipinski definition) is 2. The molecule has 4 bridgehead atoms. The minimum atomic E-state index is -0.266. The van der Waals surface area contributed by atoms with Crippen LogP contribution in [-0.2, 0) is 15.0 Å². The molecule has 0 saturated heterocycles. The molecule has 4 aliphatic carbocycles. The van der Waals surface area contributed by atoms with Crippen LogP contribution in [0.15, 0.2) is 5.38 Å². The first-order valence-corrected chi connectivity index (χ1v) is 12.0. The van der Waals surface area contributed by atoms with Crippen molar-refractivity contribution in [3.05, 3.63) is 11.1 Å². The summed E-state index contributed by atoms with van der Waals surface area (Å²) in [5, 5.41) is 8.47. The molecule has 0 spiro atoms. The number of carbonyl (C=O) groups is 2. The fraction of sp³-hybridized carbons (Fsp3) is 0.773. The highest BCUT2D eigenvalue weighted by Crippen LogP contribution is 2.60. The quantitative estimate of drug-likeness (QED) is 0.466. The maximum Gasteiger partial charge on any atom is 0.235 e. The van der Waals surface area contributed by atoms with Gasteiger partial charge in [-0.15, -0.1) is 11.3 Å². The Morgan fingerprint density at radius 2 is 1.75 bits per heavy atom. The number of amides is 2. The molecule has 2 N–H and O–H groups in total. The molecule has 0 radical (unpaired) electrons. The van der Waals surface area contributed by atoms with Crippen molar-refractivity contribution in [1.29, 1.82) is 0 Å². The van der Waals surface area contributed by atoms with Crippen LogP contribution in [0.5, 0.6) is 0 Å². The molecule has 4 fully saturated rings. The molecule has 1 heterocycles. The van der Waals surface area contributed by atoms with Gasteiger partial charge in [0.25, 0.3) is 0 Å². The summed E-state index contributed by atoms with van der Waals surface area (Å²) in [5.74, 6) is 2.18. The second-order valence-electron chi connectivity index (χ2n) is 9.37. The van der Waals surface area contributed by atoms with Crippen molar-refractivity contribution < 1.29 is 9.59 Å². The smallest absolute Gasteiger partial charge is 0.235 e. The van der Waals surface area contributed by atoms with E-state index in [4.69, 9.17) is 4.98 Å². The third kappa shape index (κ3) is 4.42. The standard InChI is InChI=1S/C22H33N3O2S/c1-2-3-4-5-6-23-19(26)10-20(27)25-21-24-18(14-28-21)22-11-15-7-16(12-22)9-17(8-15)13-22/h14-17H,2-13H2,1H3,(H,23,26)(H,24,25,27). The number of carbonyl (C=O) groups excluding carboxylic acids is 2. The number of anilines is 1. The zero-order chi connectivity index (χ0) is 19.6. The third-order valence-electron chi connectivity index (χ3n) is 7.01. The zero-order valence-electron chi connectivity index (χ0n) is 17.0. The molecule has 6 heteroatoms. The van der Waals surface area contributed by atoms with Gasteiger partial charge in [0, 0.05) is 17.3 Å². The van der Waals surface area contributed by atoms with Crippen LogP contribution in [0.4, 0.5) is 5.13 Å². The molecule has 28 heavy (non-hydrogen) atoms. The molecule has 5 nitrogen and oxygen atoms in total. The Balaban J connectivity index is 1.27. The summed E-state index contributed by atoms with van der Waals surface area (Å²) in [6.07, 6.45) is 12.4. The van der Waals surface area contributed by atoms with Gasteiger partial charge in [-0.2, -0.15) is 0 Å². The van der Waals surface area contributed by atoms with Crippen molar-refractivity contribution in [2.75, 3.05) is 11.9 Å². The van der Waals surface area contributed by atoms with E-state index in [2.05, 4.69) is 22.9 Å². The van der Waals surface area contributed by atoms with Crippen LogP contribution in [0.2, 0.25) is 0 Å². The average molecular weight is 404 g/mol. The molecule has 0 aliphatic heterocycles. The van der Waals surface area contributed by atoms with Crippen molar-refractivity contribution >= 4 is 28.3 Å². The van der Waals surface area contributed by atoms with Crippen molar-refractivity contribution in [3.8, 4) is 0 Å². The van der Waals surface area contributed by atoms with Gasteiger partial charge in [0.1, 0.15) is 6.42 Å². The Labute approximate surface area is 172 Å². The zero-order valence-corrected chi connectivity index (χ0v) is 17.8. The molecule has 5 rings (SSSR count). The third-order valence-corrected chi connectivity index (χ3v) is 7.76. The fourth-order valence-electron chi connectivity index (χ4n) is 6.15. The summed E-state index contributed by atoms with van der Waals surface area (Å²) >= 11 is 1.51. The molecule has 4 saturated carbocycles. The van der Waals surface area contributed by atoms with Crippen molar-refractivity contribution in [1.82, 2.24) is 10.3 Å². The highest BCUT2D eigenvalue weighted by atomic mass is 32.1. The van der Waals surface area contributed by atoms with Crippen LogP contribution in [0.1, 0.15) is 83.2 Å². The minimum absolute atomic E-state index is 0.125. The van der Waals surface area contributed by atoms with E-state index < -0.39 is 0 Å². The van der Waals surface area contributed by atoms with Crippen LogP contribution in [0.3, 0.4) is 0 Å². The van der Waals surface area contributed by atoms with E-state index >= 15 is 0 Å². The van der Waals surface area contributed by atoms with E-state index in [0.717, 1.165) is 30.6 Å². The van der Waals surface area contributed by atoms with Gasteiger partial charge in [0.15, 0.2) is 5.13 Å². The monoisotopic (exact) mass is 403 g/mol. The molecule has 4 aliphatic rings. The summed E-state index contributed by atoms with van der Waals surface area (Å²) in [4.78, 5) is 28.9. The number of aromatic nitrogens is 1. The van der Waals surface area contributed by atoms with Crippen molar-refractivity contribution in [3.63, 3.8) is 0 Å². The van der Waals surface area contributed by atoms with Gasteiger partial charge in [-0.3, -0.25) is 9.59 Å². The van der Waals surface area contributed by atoms with Crippen LogP contribution >= 0.6 is 11.3 Å². The maximum absolute atomic E-state index is 12.2. The molecular formula is C22H33N3O2S. The van der Waals surface area contributed by atoms with Gasteiger partial charge in [-0.05, 0) is 62.7 Å². The highest BCUT2D eigenvalue weighted by Gasteiger charge is 2.52. The molecule has 2 amide bonds. The molecule has 1 aromatic heterocycles. The highest BCUT2D eigenvalue weighted by molar-refractivity contribution is 7.14. The van der Waals surface area contributed by atoms with Crippen LogP contribution in [0, 0.1) is 17.8 Å². The minimum Gasteiger partial charge on any atom is -0.356 e. The lowest BCUT2D eigenvalue weighted by molar-refractivity contribution is -0.126. The Bertz CT molecular complexity index is 679. The number of thiazole rings is 1. The number of hydrogen-bond acceptors (Lipinski definition) is 4. The number of rotatable bonds is 9. The number of nitrogens with one attached hydrogen (secondary N) is 2. The van der Waals surface area contributed by atoms with E-state index in [1.165, 1.54) is 68.4 Å².